The van der Waals surface area contributed by atoms with E-state index in [2.05, 4.69) is 46.4 Å². The first-order valence-corrected chi connectivity index (χ1v) is 7.88. The zero-order valence-electron chi connectivity index (χ0n) is 11.8. The normalized spacial score (nSPS) is 12.8. The van der Waals surface area contributed by atoms with E-state index in [1.807, 2.05) is 31.3 Å². The zero-order valence-corrected chi connectivity index (χ0v) is 14.1. The van der Waals surface area contributed by atoms with Gasteiger partial charge in [-0.25, -0.2) is 0 Å². The molecular formula is C17H15BrClNO. The predicted octanol–water partition coefficient (Wildman–Crippen LogP) is 5.47. The van der Waals surface area contributed by atoms with E-state index < -0.39 is 0 Å². The summed E-state index contributed by atoms with van der Waals surface area (Å²) in [7, 11) is 1.92. The maximum atomic E-state index is 6.07. The van der Waals surface area contributed by atoms with Gasteiger partial charge in [-0.05, 0) is 65.8 Å². The Morgan fingerprint density at radius 1 is 1.14 bits per heavy atom. The van der Waals surface area contributed by atoms with E-state index in [-0.39, 0.29) is 6.04 Å². The molecule has 21 heavy (non-hydrogen) atoms. The molecule has 1 N–H and O–H groups in total. The number of benzene rings is 2. The molecule has 0 aliphatic heterocycles. The fourth-order valence-corrected chi connectivity index (χ4v) is 3.00. The number of aryl methyl sites for hydroxylation is 1. The summed E-state index contributed by atoms with van der Waals surface area (Å²) in [6, 6.07) is 14.2. The second-order valence-electron chi connectivity index (χ2n) is 5.09. The van der Waals surface area contributed by atoms with Gasteiger partial charge in [-0.2, -0.15) is 0 Å². The summed E-state index contributed by atoms with van der Waals surface area (Å²) in [5, 5.41) is 5.13. The Labute approximate surface area is 137 Å². The Bertz CT molecular complexity index is 797. The van der Waals surface area contributed by atoms with Crippen molar-refractivity contribution in [2.45, 2.75) is 13.0 Å². The zero-order chi connectivity index (χ0) is 15.0. The Morgan fingerprint density at radius 2 is 1.95 bits per heavy atom. The van der Waals surface area contributed by atoms with Gasteiger partial charge in [0.15, 0.2) is 0 Å². The lowest BCUT2D eigenvalue weighted by Gasteiger charge is -2.14. The SMILES string of the molecule is CNC(c1ccc(Cl)c(Br)c1)c1cc2cc(C)ccc2o1. The molecule has 0 radical (unpaired) electrons. The van der Waals surface area contributed by atoms with Crippen molar-refractivity contribution in [2.75, 3.05) is 7.05 Å². The fraction of sp³-hybridized carbons (Fsp3) is 0.176. The van der Waals surface area contributed by atoms with Gasteiger partial charge in [0.25, 0.3) is 0 Å². The van der Waals surface area contributed by atoms with Crippen molar-refractivity contribution in [3.8, 4) is 0 Å². The minimum absolute atomic E-state index is 0.00808. The van der Waals surface area contributed by atoms with Gasteiger partial charge in [0.1, 0.15) is 11.3 Å². The first kappa shape index (κ1) is 14.6. The molecule has 0 fully saturated rings. The molecule has 1 aromatic heterocycles. The smallest absolute Gasteiger partial charge is 0.134 e. The number of fused-ring (bicyclic) bond motifs is 1. The van der Waals surface area contributed by atoms with E-state index >= 15 is 0 Å². The van der Waals surface area contributed by atoms with Crippen molar-refractivity contribution in [3.63, 3.8) is 0 Å². The molecule has 1 unspecified atom stereocenters. The molecule has 1 heterocycles. The molecule has 2 aromatic carbocycles. The summed E-state index contributed by atoms with van der Waals surface area (Å²) in [5.41, 5.74) is 3.23. The van der Waals surface area contributed by atoms with Crippen LogP contribution in [0.5, 0.6) is 0 Å². The Morgan fingerprint density at radius 3 is 2.67 bits per heavy atom. The average molecular weight is 365 g/mol. The summed E-state index contributed by atoms with van der Waals surface area (Å²) < 4.78 is 6.87. The highest BCUT2D eigenvalue weighted by molar-refractivity contribution is 9.10. The lowest BCUT2D eigenvalue weighted by molar-refractivity contribution is 0.491. The van der Waals surface area contributed by atoms with Crippen LogP contribution in [0.25, 0.3) is 11.0 Å². The molecule has 0 bridgehead atoms. The molecule has 0 spiro atoms. The summed E-state index contributed by atoms with van der Waals surface area (Å²) >= 11 is 9.54. The lowest BCUT2D eigenvalue weighted by atomic mass is 10.0. The largest absolute Gasteiger partial charge is 0.459 e. The monoisotopic (exact) mass is 363 g/mol. The fourth-order valence-electron chi connectivity index (χ4n) is 2.49. The summed E-state index contributed by atoms with van der Waals surface area (Å²) in [5.74, 6) is 0.896. The van der Waals surface area contributed by atoms with Gasteiger partial charge in [0.05, 0.1) is 11.1 Å². The van der Waals surface area contributed by atoms with Crippen molar-refractivity contribution in [1.29, 1.82) is 0 Å². The van der Waals surface area contributed by atoms with Gasteiger partial charge in [0, 0.05) is 9.86 Å². The number of hydrogen-bond donors (Lipinski definition) is 1. The van der Waals surface area contributed by atoms with Crippen molar-refractivity contribution in [1.82, 2.24) is 5.32 Å². The van der Waals surface area contributed by atoms with Crippen LogP contribution in [0, 0.1) is 6.92 Å². The van der Waals surface area contributed by atoms with Crippen molar-refractivity contribution < 1.29 is 4.42 Å². The van der Waals surface area contributed by atoms with Crippen molar-refractivity contribution in [3.05, 3.63) is 68.8 Å². The second kappa shape index (κ2) is 5.84. The van der Waals surface area contributed by atoms with Gasteiger partial charge in [-0.3, -0.25) is 0 Å². The van der Waals surface area contributed by atoms with E-state index in [4.69, 9.17) is 16.0 Å². The minimum Gasteiger partial charge on any atom is -0.459 e. The van der Waals surface area contributed by atoms with Crippen LogP contribution in [0.15, 0.2) is 51.4 Å². The molecule has 3 aromatic rings. The van der Waals surface area contributed by atoms with E-state index in [0.29, 0.717) is 5.02 Å². The molecule has 2 nitrogen and oxygen atoms in total. The third kappa shape index (κ3) is 2.86. The molecule has 108 valence electrons. The van der Waals surface area contributed by atoms with E-state index in [0.717, 1.165) is 26.8 Å². The molecule has 1 atom stereocenters. The molecule has 3 rings (SSSR count). The summed E-state index contributed by atoms with van der Waals surface area (Å²) in [4.78, 5) is 0. The van der Waals surface area contributed by atoms with Crippen molar-refractivity contribution in [2.24, 2.45) is 0 Å². The summed E-state index contributed by atoms with van der Waals surface area (Å²) in [6.07, 6.45) is 0. The van der Waals surface area contributed by atoms with Crippen LogP contribution < -0.4 is 5.32 Å². The number of halogens is 2. The Hall–Kier alpha value is -1.29. The number of furan rings is 1. The van der Waals surface area contributed by atoms with Crippen LogP contribution in [0.2, 0.25) is 5.02 Å². The third-order valence-corrected chi connectivity index (χ3v) is 4.75. The van der Waals surface area contributed by atoms with Gasteiger partial charge >= 0.3 is 0 Å². The van der Waals surface area contributed by atoms with Crippen molar-refractivity contribution >= 4 is 38.5 Å². The lowest BCUT2D eigenvalue weighted by Crippen LogP contribution is -2.16. The quantitative estimate of drug-likeness (QED) is 0.667. The van der Waals surface area contributed by atoms with Crippen LogP contribution >= 0.6 is 27.5 Å². The highest BCUT2D eigenvalue weighted by Gasteiger charge is 2.17. The number of rotatable bonds is 3. The van der Waals surface area contributed by atoms with Crippen LogP contribution in [0.4, 0.5) is 0 Å². The maximum absolute atomic E-state index is 6.07. The first-order valence-electron chi connectivity index (χ1n) is 6.71. The molecule has 0 saturated carbocycles. The van der Waals surface area contributed by atoms with Crippen LogP contribution in [-0.4, -0.2) is 7.05 Å². The standard InChI is InChI=1S/C17H15BrClNO/c1-10-3-6-15-12(7-10)9-16(21-15)17(20-2)11-4-5-14(19)13(18)8-11/h3-9,17,20H,1-2H3. The van der Waals surface area contributed by atoms with Gasteiger partial charge in [-0.15, -0.1) is 0 Å². The number of hydrogen-bond acceptors (Lipinski definition) is 2. The van der Waals surface area contributed by atoms with Crippen LogP contribution in [0.1, 0.15) is 22.9 Å². The maximum Gasteiger partial charge on any atom is 0.134 e. The molecule has 0 aliphatic rings. The van der Waals surface area contributed by atoms with E-state index in [9.17, 15) is 0 Å². The third-order valence-electron chi connectivity index (χ3n) is 3.54. The van der Waals surface area contributed by atoms with E-state index in [1.165, 1.54) is 5.56 Å². The second-order valence-corrected chi connectivity index (χ2v) is 6.35. The van der Waals surface area contributed by atoms with Crippen LogP contribution in [-0.2, 0) is 0 Å². The topological polar surface area (TPSA) is 25.2 Å². The predicted molar refractivity (Wildman–Crippen MR) is 91.0 cm³/mol. The Balaban J connectivity index is 2.06. The Kier molecular flexibility index (Phi) is 4.07. The first-order chi connectivity index (χ1) is 10.1. The minimum atomic E-state index is -0.00808. The van der Waals surface area contributed by atoms with E-state index in [1.54, 1.807) is 0 Å². The van der Waals surface area contributed by atoms with Gasteiger partial charge in [-0.1, -0.05) is 29.3 Å². The van der Waals surface area contributed by atoms with Gasteiger partial charge < -0.3 is 9.73 Å². The highest BCUT2D eigenvalue weighted by atomic mass is 79.9. The summed E-state index contributed by atoms with van der Waals surface area (Å²) in [6.45, 7) is 2.08. The molecule has 0 amide bonds. The number of nitrogens with one attached hydrogen (secondary N) is 1. The molecule has 4 heteroatoms. The van der Waals surface area contributed by atoms with Gasteiger partial charge in [0.2, 0.25) is 0 Å². The highest BCUT2D eigenvalue weighted by Crippen LogP contribution is 2.32. The molecular weight excluding hydrogens is 350 g/mol. The average Bonchev–Trinajstić information content (AvgIpc) is 2.86. The van der Waals surface area contributed by atoms with Crippen LogP contribution in [0.3, 0.4) is 0 Å². The molecule has 0 aliphatic carbocycles. The molecule has 0 saturated heterocycles.